The molecule has 0 saturated carbocycles. The number of hydrogen-bond acceptors (Lipinski definition) is 2. The maximum absolute atomic E-state index is 5.26. The largest absolute Gasteiger partial charge is 0.309 e. The van der Waals surface area contributed by atoms with Crippen molar-refractivity contribution in [3.63, 3.8) is 0 Å². The fourth-order valence-electron chi connectivity index (χ4n) is 8.31. The molecule has 0 radical (unpaired) electrons. The molecule has 11 rings (SSSR count). The lowest BCUT2D eigenvalue weighted by molar-refractivity contribution is 1.18. The second kappa shape index (κ2) is 13.1. The van der Waals surface area contributed by atoms with Crippen molar-refractivity contribution in [2.75, 3.05) is 0 Å². The van der Waals surface area contributed by atoms with Gasteiger partial charge in [0.15, 0.2) is 0 Å². The molecule has 0 bridgehead atoms. The summed E-state index contributed by atoms with van der Waals surface area (Å²) >= 11 is 0. The minimum atomic E-state index is 0.829. The number of fused-ring (bicyclic) bond motifs is 6. The SMILES string of the molecule is c1ccc(-c2cc(-c3ccc(-n4c5ccccc5c5ccccc54)cc3)nc(-c3cccc(-c4ccc(-n5c6ccccc6c6ccccc65)cc4)n3)c2)cc1. The fourth-order valence-corrected chi connectivity index (χ4v) is 8.31. The zero-order valence-electron chi connectivity index (χ0n) is 30.4. The lowest BCUT2D eigenvalue weighted by Crippen LogP contribution is -1.96. The van der Waals surface area contributed by atoms with Crippen LogP contribution >= 0.6 is 0 Å². The Morgan fingerprint density at radius 1 is 0.250 bits per heavy atom. The highest BCUT2D eigenvalue weighted by Crippen LogP contribution is 2.36. The van der Waals surface area contributed by atoms with Crippen LogP contribution in [0, 0.1) is 0 Å². The van der Waals surface area contributed by atoms with Gasteiger partial charge in [0.05, 0.1) is 44.8 Å². The van der Waals surface area contributed by atoms with E-state index in [1.54, 1.807) is 0 Å². The van der Waals surface area contributed by atoms with Crippen LogP contribution in [0.3, 0.4) is 0 Å². The van der Waals surface area contributed by atoms with E-state index in [1.165, 1.54) is 43.6 Å². The third-order valence-corrected chi connectivity index (χ3v) is 10.9. The van der Waals surface area contributed by atoms with Crippen molar-refractivity contribution in [1.29, 1.82) is 0 Å². The van der Waals surface area contributed by atoms with E-state index in [0.29, 0.717) is 0 Å². The normalized spacial score (nSPS) is 11.6. The van der Waals surface area contributed by atoms with Crippen LogP contribution in [0.15, 0.2) is 206 Å². The first-order valence-corrected chi connectivity index (χ1v) is 19.0. The topological polar surface area (TPSA) is 35.6 Å². The molecule has 0 atom stereocenters. The zero-order chi connectivity index (χ0) is 37.0. The quantitative estimate of drug-likeness (QED) is 0.172. The van der Waals surface area contributed by atoms with Gasteiger partial charge in [-0.1, -0.05) is 133 Å². The number of pyridine rings is 2. The van der Waals surface area contributed by atoms with E-state index in [-0.39, 0.29) is 0 Å². The third-order valence-electron chi connectivity index (χ3n) is 10.9. The number of hydrogen-bond donors (Lipinski definition) is 0. The van der Waals surface area contributed by atoms with Gasteiger partial charge >= 0.3 is 0 Å². The van der Waals surface area contributed by atoms with Crippen molar-refractivity contribution < 1.29 is 0 Å². The molecule has 0 unspecified atom stereocenters. The van der Waals surface area contributed by atoms with E-state index < -0.39 is 0 Å². The fraction of sp³-hybridized carbons (Fsp3) is 0. The molecule has 7 aromatic carbocycles. The van der Waals surface area contributed by atoms with Crippen LogP contribution in [0.1, 0.15) is 0 Å². The Labute approximate surface area is 324 Å². The van der Waals surface area contributed by atoms with Gasteiger partial charge in [-0.3, -0.25) is 0 Å². The Kier molecular flexibility index (Phi) is 7.46. The summed E-state index contributed by atoms with van der Waals surface area (Å²) in [6, 6.07) is 73.0. The summed E-state index contributed by atoms with van der Waals surface area (Å²) in [6.45, 7) is 0. The van der Waals surface area contributed by atoms with Crippen LogP contribution in [-0.2, 0) is 0 Å². The number of para-hydroxylation sites is 4. The smallest absolute Gasteiger partial charge is 0.0900 e. The van der Waals surface area contributed by atoms with E-state index in [4.69, 9.17) is 9.97 Å². The highest BCUT2D eigenvalue weighted by Gasteiger charge is 2.15. The van der Waals surface area contributed by atoms with Crippen LogP contribution in [0.2, 0.25) is 0 Å². The predicted octanol–water partition coefficient (Wildman–Crippen LogP) is 13.3. The Bertz CT molecular complexity index is 3120. The molecule has 0 aliphatic carbocycles. The molecule has 11 aromatic rings. The molecule has 56 heavy (non-hydrogen) atoms. The summed E-state index contributed by atoms with van der Waals surface area (Å²) < 4.78 is 4.69. The van der Waals surface area contributed by atoms with Gasteiger partial charge in [-0.2, -0.15) is 0 Å². The molecule has 4 nitrogen and oxygen atoms in total. The van der Waals surface area contributed by atoms with Crippen molar-refractivity contribution in [1.82, 2.24) is 19.1 Å². The van der Waals surface area contributed by atoms with E-state index >= 15 is 0 Å². The Balaban J connectivity index is 0.975. The number of aromatic nitrogens is 4. The van der Waals surface area contributed by atoms with Crippen LogP contribution in [0.4, 0.5) is 0 Å². The zero-order valence-corrected chi connectivity index (χ0v) is 30.4. The molecule has 0 fully saturated rings. The first-order chi connectivity index (χ1) is 27.8. The van der Waals surface area contributed by atoms with E-state index in [0.717, 1.165) is 56.4 Å². The number of benzene rings is 7. The third kappa shape index (κ3) is 5.31. The van der Waals surface area contributed by atoms with Crippen LogP contribution in [-0.4, -0.2) is 19.1 Å². The first kappa shape index (κ1) is 31.9. The average molecular weight is 715 g/mol. The van der Waals surface area contributed by atoms with Gasteiger partial charge in [0.1, 0.15) is 0 Å². The van der Waals surface area contributed by atoms with E-state index in [2.05, 4.69) is 215 Å². The molecular formula is C52H34N4. The summed E-state index contributed by atoms with van der Waals surface area (Å²) in [5, 5.41) is 5.01. The number of rotatable bonds is 6. The summed E-state index contributed by atoms with van der Waals surface area (Å²) in [5.74, 6) is 0. The van der Waals surface area contributed by atoms with Crippen molar-refractivity contribution in [3.8, 4) is 56.4 Å². The Morgan fingerprint density at radius 2 is 0.643 bits per heavy atom. The van der Waals surface area contributed by atoms with Gasteiger partial charge in [0.2, 0.25) is 0 Å². The molecule has 4 heterocycles. The van der Waals surface area contributed by atoms with Crippen molar-refractivity contribution >= 4 is 43.6 Å². The van der Waals surface area contributed by atoms with E-state index in [1.807, 2.05) is 0 Å². The maximum atomic E-state index is 5.26. The molecule has 0 spiro atoms. The molecule has 0 N–H and O–H groups in total. The highest BCUT2D eigenvalue weighted by molar-refractivity contribution is 6.10. The summed E-state index contributed by atoms with van der Waals surface area (Å²) in [4.78, 5) is 10.5. The van der Waals surface area contributed by atoms with Gasteiger partial charge in [0, 0.05) is 44.0 Å². The van der Waals surface area contributed by atoms with Crippen LogP contribution < -0.4 is 0 Å². The highest BCUT2D eigenvalue weighted by atomic mass is 15.0. The van der Waals surface area contributed by atoms with Crippen molar-refractivity contribution in [2.24, 2.45) is 0 Å². The lowest BCUT2D eigenvalue weighted by Gasteiger charge is -2.12. The molecule has 4 heteroatoms. The van der Waals surface area contributed by atoms with Crippen molar-refractivity contribution in [3.05, 3.63) is 206 Å². The van der Waals surface area contributed by atoms with E-state index in [9.17, 15) is 0 Å². The second-order valence-electron chi connectivity index (χ2n) is 14.2. The molecule has 262 valence electrons. The summed E-state index contributed by atoms with van der Waals surface area (Å²) in [5.41, 5.74) is 14.8. The number of nitrogens with zero attached hydrogens (tertiary/aromatic N) is 4. The van der Waals surface area contributed by atoms with Crippen molar-refractivity contribution in [2.45, 2.75) is 0 Å². The molecule has 4 aromatic heterocycles. The first-order valence-electron chi connectivity index (χ1n) is 19.0. The molecule has 0 amide bonds. The summed E-state index contributed by atoms with van der Waals surface area (Å²) in [6.07, 6.45) is 0. The van der Waals surface area contributed by atoms with Gasteiger partial charge in [-0.25, -0.2) is 9.97 Å². The molecule has 0 aliphatic heterocycles. The Hall–Kier alpha value is -7.56. The monoisotopic (exact) mass is 714 g/mol. The van der Waals surface area contributed by atoms with Crippen LogP contribution in [0.25, 0.3) is 100 Å². The lowest BCUT2D eigenvalue weighted by atomic mass is 10.0. The van der Waals surface area contributed by atoms with Gasteiger partial charge < -0.3 is 9.13 Å². The molecular weight excluding hydrogens is 681 g/mol. The predicted molar refractivity (Wildman–Crippen MR) is 232 cm³/mol. The van der Waals surface area contributed by atoms with Gasteiger partial charge in [-0.15, -0.1) is 0 Å². The minimum Gasteiger partial charge on any atom is -0.309 e. The second-order valence-corrected chi connectivity index (χ2v) is 14.2. The average Bonchev–Trinajstić information content (AvgIpc) is 3.80. The van der Waals surface area contributed by atoms with Crippen LogP contribution in [0.5, 0.6) is 0 Å². The van der Waals surface area contributed by atoms with Gasteiger partial charge in [0.25, 0.3) is 0 Å². The minimum absolute atomic E-state index is 0.829. The molecule has 0 saturated heterocycles. The summed E-state index contributed by atoms with van der Waals surface area (Å²) in [7, 11) is 0. The Morgan fingerprint density at radius 3 is 1.14 bits per heavy atom. The standard InChI is InChI=1S/C52H34N4/c1-2-13-35(14-3-1)38-33-47(37-27-31-40(32-28-37)56-51-23-10-6-17-43(51)44-18-7-11-24-52(44)56)54-48(34-38)46-20-12-19-45(53-46)36-25-29-39(30-26-36)55-49-21-8-4-15-41(49)42-16-5-9-22-50(42)55/h1-34H. The maximum Gasteiger partial charge on any atom is 0.0900 e. The molecule has 0 aliphatic rings. The van der Waals surface area contributed by atoms with Gasteiger partial charge in [-0.05, 0) is 83.9 Å².